The van der Waals surface area contributed by atoms with E-state index in [4.69, 9.17) is 0 Å². The second-order valence-corrected chi connectivity index (χ2v) is 6.41. The highest BCUT2D eigenvalue weighted by Gasteiger charge is 2.38. The molecule has 2 saturated carbocycles. The third-order valence-corrected chi connectivity index (χ3v) is 5.11. The summed E-state index contributed by atoms with van der Waals surface area (Å²) in [6.45, 7) is 1.83. The number of fused-ring (bicyclic) bond motifs is 2. The monoisotopic (exact) mass is 283 g/mol. The highest BCUT2D eigenvalue weighted by molar-refractivity contribution is 5.30. The van der Waals surface area contributed by atoms with Crippen molar-refractivity contribution in [1.82, 2.24) is 25.5 Å². The van der Waals surface area contributed by atoms with Crippen LogP contribution in [-0.2, 0) is 6.54 Å². The summed E-state index contributed by atoms with van der Waals surface area (Å²) < 4.78 is 1.81. The van der Waals surface area contributed by atoms with Gasteiger partial charge in [0.2, 0.25) is 0 Å². The van der Waals surface area contributed by atoms with E-state index in [9.17, 15) is 0 Å². The van der Waals surface area contributed by atoms with Crippen molar-refractivity contribution in [3.63, 3.8) is 0 Å². The van der Waals surface area contributed by atoms with Crippen LogP contribution in [0.5, 0.6) is 0 Å². The van der Waals surface area contributed by atoms with Gasteiger partial charge in [-0.2, -0.15) is 4.68 Å². The summed E-state index contributed by atoms with van der Waals surface area (Å²) in [7, 11) is 0. The lowest BCUT2D eigenvalue weighted by atomic mass is 9.89. The Balaban J connectivity index is 1.37. The molecule has 110 valence electrons. The van der Waals surface area contributed by atoms with E-state index in [-0.39, 0.29) is 0 Å². The van der Waals surface area contributed by atoms with Crippen LogP contribution in [0.25, 0.3) is 5.69 Å². The largest absolute Gasteiger partial charge is 0.309 e. The maximum atomic E-state index is 4.14. The molecule has 2 aromatic rings. The van der Waals surface area contributed by atoms with E-state index in [0.29, 0.717) is 0 Å². The van der Waals surface area contributed by atoms with Crippen molar-refractivity contribution in [2.75, 3.05) is 6.54 Å². The second kappa shape index (κ2) is 5.56. The molecular weight excluding hydrogens is 262 g/mol. The van der Waals surface area contributed by atoms with E-state index in [1.54, 1.807) is 0 Å². The number of aromatic nitrogens is 4. The highest BCUT2D eigenvalue weighted by atomic mass is 15.5. The molecule has 2 bridgehead atoms. The molecule has 1 N–H and O–H groups in total. The van der Waals surface area contributed by atoms with Crippen molar-refractivity contribution in [1.29, 1.82) is 0 Å². The molecule has 1 aromatic carbocycles. The number of tetrazole rings is 1. The quantitative estimate of drug-likeness (QED) is 0.914. The molecule has 2 fully saturated rings. The molecule has 3 unspecified atom stereocenters. The predicted molar refractivity (Wildman–Crippen MR) is 79.8 cm³/mol. The van der Waals surface area contributed by atoms with Gasteiger partial charge in [0.25, 0.3) is 0 Å². The molecule has 2 aliphatic carbocycles. The number of benzene rings is 1. The summed E-state index contributed by atoms with van der Waals surface area (Å²) in [6, 6.07) is 10.1. The van der Waals surface area contributed by atoms with E-state index < -0.39 is 0 Å². The summed E-state index contributed by atoms with van der Waals surface area (Å²) in [5, 5.41) is 15.6. The Hall–Kier alpha value is -1.75. The molecule has 3 atom stereocenters. The minimum atomic E-state index is 0.732. The molecule has 1 aromatic heterocycles. The summed E-state index contributed by atoms with van der Waals surface area (Å²) in [6.07, 6.45) is 5.79. The van der Waals surface area contributed by atoms with Gasteiger partial charge < -0.3 is 5.32 Å². The Kier molecular flexibility index (Phi) is 3.43. The maximum Gasteiger partial charge on any atom is 0.170 e. The molecule has 21 heavy (non-hydrogen) atoms. The average Bonchev–Trinajstić information content (AvgIpc) is 3.24. The Morgan fingerprint density at radius 1 is 1.14 bits per heavy atom. The van der Waals surface area contributed by atoms with Crippen LogP contribution in [0.2, 0.25) is 0 Å². The Bertz CT molecular complexity index is 594. The third kappa shape index (κ3) is 2.58. The Labute approximate surface area is 124 Å². The molecule has 0 radical (unpaired) electrons. The molecule has 5 heteroatoms. The fourth-order valence-electron chi connectivity index (χ4n) is 4.08. The first-order valence-electron chi connectivity index (χ1n) is 7.93. The van der Waals surface area contributed by atoms with Gasteiger partial charge in [0.1, 0.15) is 0 Å². The normalized spacial score (nSPS) is 27.3. The number of hydrogen-bond acceptors (Lipinski definition) is 4. The standard InChI is InChI=1S/C16H21N5/c1-2-4-15(5-3-1)21-16(18-19-20-21)11-17-10-14-9-12-6-7-13(14)8-12/h1-5,12-14,17H,6-11H2. The van der Waals surface area contributed by atoms with Gasteiger partial charge in [-0.3, -0.25) is 0 Å². The third-order valence-electron chi connectivity index (χ3n) is 5.11. The second-order valence-electron chi connectivity index (χ2n) is 6.41. The minimum absolute atomic E-state index is 0.732. The lowest BCUT2D eigenvalue weighted by Crippen LogP contribution is -2.27. The Morgan fingerprint density at radius 2 is 2.05 bits per heavy atom. The number of nitrogens with one attached hydrogen (secondary N) is 1. The first-order valence-corrected chi connectivity index (χ1v) is 7.93. The number of para-hydroxylation sites is 1. The summed E-state index contributed by atoms with van der Waals surface area (Å²) in [5.41, 5.74) is 1.01. The van der Waals surface area contributed by atoms with Gasteiger partial charge in [-0.25, -0.2) is 0 Å². The topological polar surface area (TPSA) is 55.6 Å². The number of nitrogens with zero attached hydrogens (tertiary/aromatic N) is 4. The van der Waals surface area contributed by atoms with E-state index in [2.05, 4.69) is 20.8 Å². The van der Waals surface area contributed by atoms with Crippen LogP contribution in [0.15, 0.2) is 30.3 Å². The Morgan fingerprint density at radius 3 is 2.81 bits per heavy atom. The van der Waals surface area contributed by atoms with E-state index in [1.165, 1.54) is 25.7 Å². The molecule has 5 nitrogen and oxygen atoms in total. The summed E-state index contributed by atoms with van der Waals surface area (Å²) in [5.74, 6) is 3.72. The van der Waals surface area contributed by atoms with Gasteiger partial charge in [-0.15, -0.1) is 5.10 Å². The van der Waals surface area contributed by atoms with E-state index >= 15 is 0 Å². The van der Waals surface area contributed by atoms with Crippen molar-refractivity contribution < 1.29 is 0 Å². The molecular formula is C16H21N5. The zero-order valence-electron chi connectivity index (χ0n) is 12.2. The van der Waals surface area contributed by atoms with Crippen LogP contribution < -0.4 is 5.32 Å². The first kappa shape index (κ1) is 13.0. The zero-order valence-corrected chi connectivity index (χ0v) is 12.2. The van der Waals surface area contributed by atoms with Crippen LogP contribution in [-0.4, -0.2) is 26.8 Å². The van der Waals surface area contributed by atoms with Crippen LogP contribution in [0, 0.1) is 17.8 Å². The van der Waals surface area contributed by atoms with Crippen LogP contribution >= 0.6 is 0 Å². The van der Waals surface area contributed by atoms with E-state index in [0.717, 1.165) is 42.4 Å². The van der Waals surface area contributed by atoms with E-state index in [1.807, 2.05) is 35.0 Å². The smallest absolute Gasteiger partial charge is 0.170 e. The summed E-state index contributed by atoms with van der Waals surface area (Å²) in [4.78, 5) is 0. The summed E-state index contributed by atoms with van der Waals surface area (Å²) >= 11 is 0. The fraction of sp³-hybridized carbons (Fsp3) is 0.562. The van der Waals surface area contributed by atoms with Crippen LogP contribution in [0.4, 0.5) is 0 Å². The number of hydrogen-bond donors (Lipinski definition) is 1. The SMILES string of the molecule is c1ccc(-n2nnnc2CNCC2CC3CCC2C3)cc1. The van der Waals surface area contributed by atoms with Gasteiger partial charge in [0.05, 0.1) is 12.2 Å². The van der Waals surface area contributed by atoms with Crippen molar-refractivity contribution in [3.05, 3.63) is 36.2 Å². The molecule has 4 rings (SSSR count). The van der Waals surface area contributed by atoms with Gasteiger partial charge in [0.15, 0.2) is 5.82 Å². The lowest BCUT2D eigenvalue weighted by Gasteiger charge is -2.21. The average molecular weight is 283 g/mol. The zero-order chi connectivity index (χ0) is 14.1. The first-order chi connectivity index (χ1) is 10.4. The van der Waals surface area contributed by atoms with Gasteiger partial charge in [-0.05, 0) is 66.1 Å². The fourth-order valence-corrected chi connectivity index (χ4v) is 4.08. The van der Waals surface area contributed by atoms with Crippen molar-refractivity contribution in [2.24, 2.45) is 17.8 Å². The molecule has 0 aliphatic heterocycles. The van der Waals surface area contributed by atoms with Gasteiger partial charge >= 0.3 is 0 Å². The van der Waals surface area contributed by atoms with Crippen LogP contribution in [0.1, 0.15) is 31.5 Å². The molecule has 0 saturated heterocycles. The maximum absolute atomic E-state index is 4.14. The number of rotatable bonds is 5. The van der Waals surface area contributed by atoms with Gasteiger partial charge in [-0.1, -0.05) is 24.6 Å². The molecule has 0 spiro atoms. The highest BCUT2D eigenvalue weighted by Crippen LogP contribution is 2.47. The van der Waals surface area contributed by atoms with Crippen molar-refractivity contribution in [2.45, 2.75) is 32.2 Å². The van der Waals surface area contributed by atoms with Crippen molar-refractivity contribution in [3.8, 4) is 5.69 Å². The molecule has 2 aliphatic rings. The molecule has 0 amide bonds. The minimum Gasteiger partial charge on any atom is -0.309 e. The van der Waals surface area contributed by atoms with Crippen molar-refractivity contribution >= 4 is 0 Å². The van der Waals surface area contributed by atoms with Crippen LogP contribution in [0.3, 0.4) is 0 Å². The molecule has 1 heterocycles. The van der Waals surface area contributed by atoms with Gasteiger partial charge in [0, 0.05) is 0 Å². The lowest BCUT2D eigenvalue weighted by molar-refractivity contribution is 0.317. The predicted octanol–water partition coefficient (Wildman–Crippen LogP) is 2.19.